The lowest BCUT2D eigenvalue weighted by atomic mass is 10.2. The number of hydrogen-bond acceptors (Lipinski definition) is 2. The number of rotatable bonds is 9. The van der Waals surface area contributed by atoms with E-state index in [-0.39, 0.29) is 0 Å². The van der Waals surface area contributed by atoms with Gasteiger partial charge in [0, 0.05) is 25.4 Å². The second kappa shape index (κ2) is 8.10. The van der Waals surface area contributed by atoms with Crippen molar-refractivity contribution in [3.63, 3.8) is 0 Å². The lowest BCUT2D eigenvalue weighted by Crippen LogP contribution is -2.25. The Balaban J connectivity index is 2.01. The van der Waals surface area contributed by atoms with Crippen molar-refractivity contribution < 1.29 is 0 Å². The summed E-state index contributed by atoms with van der Waals surface area (Å²) >= 11 is 0. The number of hydrogen-bond donors (Lipinski definition) is 0. The van der Waals surface area contributed by atoms with Crippen LogP contribution in [0.15, 0.2) is 67.9 Å². The van der Waals surface area contributed by atoms with Gasteiger partial charge in [-0.3, -0.25) is 4.68 Å². The number of nitrogens with zero attached hydrogens (tertiary/aromatic N) is 3. The fourth-order valence-corrected chi connectivity index (χ4v) is 2.26. The maximum absolute atomic E-state index is 4.67. The van der Waals surface area contributed by atoms with Crippen molar-refractivity contribution in [1.82, 2.24) is 9.78 Å². The van der Waals surface area contributed by atoms with Crippen molar-refractivity contribution in [2.75, 3.05) is 18.0 Å². The molecule has 3 heteroatoms. The molecule has 0 radical (unpaired) electrons. The van der Waals surface area contributed by atoms with Crippen molar-refractivity contribution >= 4 is 5.82 Å². The molecule has 2 aromatic rings. The number of anilines is 1. The van der Waals surface area contributed by atoms with E-state index in [0.29, 0.717) is 0 Å². The van der Waals surface area contributed by atoms with Gasteiger partial charge in [0.05, 0.1) is 6.54 Å². The molecule has 0 atom stereocenters. The summed E-state index contributed by atoms with van der Waals surface area (Å²) in [4.78, 5) is 2.25. The predicted molar refractivity (Wildman–Crippen MR) is 89.6 cm³/mol. The van der Waals surface area contributed by atoms with Crippen LogP contribution in [0.2, 0.25) is 0 Å². The molecule has 0 aliphatic carbocycles. The van der Waals surface area contributed by atoms with Crippen LogP contribution in [-0.2, 0) is 6.54 Å². The third kappa shape index (κ3) is 4.63. The monoisotopic (exact) mass is 281 g/mol. The zero-order chi connectivity index (χ0) is 14.9. The van der Waals surface area contributed by atoms with Crippen LogP contribution >= 0.6 is 0 Å². The molecule has 0 amide bonds. The van der Waals surface area contributed by atoms with E-state index in [0.717, 1.165) is 38.3 Å². The number of benzene rings is 1. The Bertz CT molecular complexity index is 557. The topological polar surface area (TPSA) is 21.1 Å². The van der Waals surface area contributed by atoms with Gasteiger partial charge in [-0.05, 0) is 18.4 Å². The second-order valence-corrected chi connectivity index (χ2v) is 5.02. The second-order valence-electron chi connectivity index (χ2n) is 5.02. The Morgan fingerprint density at radius 2 is 1.90 bits per heavy atom. The highest BCUT2D eigenvalue weighted by Crippen LogP contribution is 2.13. The summed E-state index contributed by atoms with van der Waals surface area (Å²) in [6, 6.07) is 12.4. The van der Waals surface area contributed by atoms with Crippen LogP contribution in [0.3, 0.4) is 0 Å². The summed E-state index contributed by atoms with van der Waals surface area (Å²) in [5.74, 6) is 1.01. The average Bonchev–Trinajstić information content (AvgIpc) is 2.96. The van der Waals surface area contributed by atoms with Crippen LogP contribution in [0, 0.1) is 0 Å². The Morgan fingerprint density at radius 3 is 2.62 bits per heavy atom. The largest absolute Gasteiger partial charge is 0.351 e. The molecule has 3 nitrogen and oxygen atoms in total. The smallest absolute Gasteiger partial charge is 0.150 e. The van der Waals surface area contributed by atoms with Gasteiger partial charge < -0.3 is 4.90 Å². The molecule has 0 spiro atoms. The Labute approximate surface area is 127 Å². The molecule has 0 bridgehead atoms. The van der Waals surface area contributed by atoms with Gasteiger partial charge in [-0.15, -0.1) is 13.2 Å². The molecule has 2 rings (SSSR count). The highest BCUT2D eigenvalue weighted by Gasteiger charge is 2.08. The van der Waals surface area contributed by atoms with E-state index in [9.17, 15) is 0 Å². The first-order valence-electron chi connectivity index (χ1n) is 7.37. The van der Waals surface area contributed by atoms with Crippen molar-refractivity contribution in [2.24, 2.45) is 0 Å². The summed E-state index contributed by atoms with van der Waals surface area (Å²) in [6.45, 7) is 10.2. The molecule has 1 heterocycles. The Kier molecular flexibility index (Phi) is 5.83. The van der Waals surface area contributed by atoms with Gasteiger partial charge in [-0.1, -0.05) is 42.5 Å². The van der Waals surface area contributed by atoms with E-state index in [1.807, 2.05) is 29.1 Å². The van der Waals surface area contributed by atoms with Crippen molar-refractivity contribution in [2.45, 2.75) is 19.4 Å². The Morgan fingerprint density at radius 1 is 1.10 bits per heavy atom. The molecule has 0 aliphatic heterocycles. The fraction of sp³-hybridized carbons (Fsp3) is 0.278. The van der Waals surface area contributed by atoms with Crippen molar-refractivity contribution in [1.29, 1.82) is 0 Å². The van der Waals surface area contributed by atoms with Crippen molar-refractivity contribution in [3.8, 4) is 0 Å². The van der Waals surface area contributed by atoms with Gasteiger partial charge in [-0.2, -0.15) is 5.10 Å². The van der Waals surface area contributed by atoms with Crippen LogP contribution in [0.25, 0.3) is 0 Å². The third-order valence-electron chi connectivity index (χ3n) is 3.32. The van der Waals surface area contributed by atoms with Gasteiger partial charge in [-0.25, -0.2) is 0 Å². The fourth-order valence-electron chi connectivity index (χ4n) is 2.26. The maximum Gasteiger partial charge on any atom is 0.150 e. The molecule has 1 aromatic carbocycles. The summed E-state index contributed by atoms with van der Waals surface area (Å²) < 4.78 is 1.98. The maximum atomic E-state index is 4.67. The van der Waals surface area contributed by atoms with E-state index in [1.165, 1.54) is 5.56 Å². The normalized spacial score (nSPS) is 10.3. The highest BCUT2D eigenvalue weighted by atomic mass is 15.3. The average molecular weight is 281 g/mol. The first kappa shape index (κ1) is 15.1. The number of unbranched alkanes of at least 4 members (excludes halogenated alkanes) is 1. The summed E-state index contributed by atoms with van der Waals surface area (Å²) in [7, 11) is 0. The molecule has 21 heavy (non-hydrogen) atoms. The molecule has 1 aromatic heterocycles. The van der Waals surface area contributed by atoms with Crippen LogP contribution in [0.4, 0.5) is 5.82 Å². The minimum Gasteiger partial charge on any atom is -0.351 e. The number of allylic oxidation sites excluding steroid dienone is 1. The van der Waals surface area contributed by atoms with Gasteiger partial charge >= 0.3 is 0 Å². The molecule has 0 saturated carbocycles. The molecular weight excluding hydrogens is 258 g/mol. The molecule has 110 valence electrons. The van der Waals surface area contributed by atoms with Gasteiger partial charge in [0.2, 0.25) is 0 Å². The quantitative estimate of drug-likeness (QED) is 0.513. The van der Waals surface area contributed by atoms with E-state index in [1.54, 1.807) is 0 Å². The summed E-state index contributed by atoms with van der Waals surface area (Å²) in [6.07, 6.45) is 8.03. The van der Waals surface area contributed by atoms with Crippen LogP contribution in [0.5, 0.6) is 0 Å². The zero-order valence-corrected chi connectivity index (χ0v) is 12.5. The molecule has 0 aliphatic rings. The molecule has 0 fully saturated rings. The van der Waals surface area contributed by atoms with Crippen LogP contribution in [-0.4, -0.2) is 22.9 Å². The minimum absolute atomic E-state index is 0.801. The molecule has 0 saturated heterocycles. The highest BCUT2D eigenvalue weighted by molar-refractivity contribution is 5.37. The third-order valence-corrected chi connectivity index (χ3v) is 3.32. The van der Waals surface area contributed by atoms with Crippen molar-refractivity contribution in [3.05, 3.63) is 73.5 Å². The lowest BCUT2D eigenvalue weighted by Gasteiger charge is -2.20. The molecule has 0 unspecified atom stereocenters. The molecule has 0 N–H and O–H groups in total. The minimum atomic E-state index is 0.801. The summed E-state index contributed by atoms with van der Waals surface area (Å²) in [5, 5.41) is 4.67. The predicted octanol–water partition coefficient (Wildman–Crippen LogP) is 3.89. The van der Waals surface area contributed by atoms with Gasteiger partial charge in [0.1, 0.15) is 0 Å². The van der Waals surface area contributed by atoms with Gasteiger partial charge in [0.15, 0.2) is 5.82 Å². The Hall–Kier alpha value is -2.29. The molecular formula is C18H23N3. The first-order chi connectivity index (χ1) is 10.3. The van der Waals surface area contributed by atoms with E-state index in [2.05, 4.69) is 53.5 Å². The first-order valence-corrected chi connectivity index (χ1v) is 7.37. The standard InChI is InChI=1S/C18H23N3/c1-3-5-9-14-20(13-4-2)18-12-15-21(19-18)16-17-10-7-6-8-11-17/h3-4,6-8,10-12,15H,1-2,5,9,13-14,16H2. The van der Waals surface area contributed by atoms with E-state index >= 15 is 0 Å². The van der Waals surface area contributed by atoms with E-state index < -0.39 is 0 Å². The van der Waals surface area contributed by atoms with Gasteiger partial charge in [0.25, 0.3) is 0 Å². The van der Waals surface area contributed by atoms with Crippen LogP contribution < -0.4 is 4.90 Å². The number of aromatic nitrogens is 2. The SMILES string of the molecule is C=CCCCN(CC=C)c1ccn(Cc2ccccc2)n1. The van der Waals surface area contributed by atoms with Crippen LogP contribution in [0.1, 0.15) is 18.4 Å². The lowest BCUT2D eigenvalue weighted by molar-refractivity contribution is 0.673. The summed E-state index contributed by atoms with van der Waals surface area (Å²) in [5.41, 5.74) is 1.26. The van der Waals surface area contributed by atoms with E-state index in [4.69, 9.17) is 0 Å². The zero-order valence-electron chi connectivity index (χ0n) is 12.5.